The van der Waals surface area contributed by atoms with Gasteiger partial charge in [0, 0.05) is 23.2 Å². The van der Waals surface area contributed by atoms with Crippen LogP contribution in [0.1, 0.15) is 33.6 Å². The SMILES string of the molecule is CC(C)(C)OC(=O)N1CCC(Sc2ccc3nc(N)sc3c2)CC1. The predicted octanol–water partition coefficient (Wildman–Crippen LogP) is 4.37. The van der Waals surface area contributed by atoms with E-state index in [1.54, 1.807) is 0 Å². The summed E-state index contributed by atoms with van der Waals surface area (Å²) in [6.45, 7) is 7.20. The molecular formula is C17H23N3O2S2. The Hall–Kier alpha value is -1.47. The summed E-state index contributed by atoms with van der Waals surface area (Å²) in [5, 5.41) is 1.13. The van der Waals surface area contributed by atoms with Crippen molar-refractivity contribution in [2.24, 2.45) is 0 Å². The number of carbonyl (C=O) groups is 1. The standard InChI is InChI=1S/C17H23N3O2S2/c1-17(2,3)22-16(21)20-8-6-11(7-9-20)23-12-4-5-13-14(10-12)24-15(18)19-13/h4-5,10-11H,6-9H2,1-3H3,(H2,18,19). The number of hydrogen-bond donors (Lipinski definition) is 1. The molecular weight excluding hydrogens is 342 g/mol. The number of rotatable bonds is 2. The molecule has 7 heteroatoms. The zero-order valence-corrected chi connectivity index (χ0v) is 15.9. The minimum atomic E-state index is -0.436. The van der Waals surface area contributed by atoms with Crippen LogP contribution >= 0.6 is 23.1 Å². The van der Waals surface area contributed by atoms with Gasteiger partial charge in [0.05, 0.1) is 10.2 Å². The number of nitrogen functional groups attached to an aromatic ring is 1. The molecule has 1 aliphatic heterocycles. The average molecular weight is 366 g/mol. The number of nitrogens with two attached hydrogens (primary N) is 1. The Morgan fingerprint density at radius 2 is 2.08 bits per heavy atom. The number of hydrogen-bond acceptors (Lipinski definition) is 6. The lowest BCUT2D eigenvalue weighted by Gasteiger charge is -2.33. The number of nitrogens with zero attached hydrogens (tertiary/aromatic N) is 2. The van der Waals surface area contributed by atoms with E-state index in [0.29, 0.717) is 10.4 Å². The molecule has 0 bridgehead atoms. The normalized spacial score (nSPS) is 16.5. The highest BCUT2D eigenvalue weighted by Gasteiger charge is 2.27. The molecule has 5 nitrogen and oxygen atoms in total. The first-order valence-corrected chi connectivity index (χ1v) is 9.80. The van der Waals surface area contributed by atoms with Gasteiger partial charge in [-0.3, -0.25) is 0 Å². The largest absolute Gasteiger partial charge is 0.444 e. The fraction of sp³-hybridized carbons (Fsp3) is 0.529. The van der Waals surface area contributed by atoms with Crippen molar-refractivity contribution >= 4 is 44.5 Å². The van der Waals surface area contributed by atoms with Crippen molar-refractivity contribution in [1.29, 1.82) is 0 Å². The number of amides is 1. The first kappa shape index (κ1) is 17.4. The summed E-state index contributed by atoms with van der Waals surface area (Å²) < 4.78 is 6.57. The molecule has 1 amide bonds. The molecule has 24 heavy (non-hydrogen) atoms. The molecule has 2 heterocycles. The number of thioether (sulfide) groups is 1. The first-order valence-electron chi connectivity index (χ1n) is 8.11. The van der Waals surface area contributed by atoms with Crippen LogP contribution in [-0.2, 0) is 4.74 Å². The number of likely N-dealkylation sites (tertiary alicyclic amines) is 1. The molecule has 1 aromatic heterocycles. The van der Waals surface area contributed by atoms with Gasteiger partial charge in [0.2, 0.25) is 0 Å². The lowest BCUT2D eigenvalue weighted by Crippen LogP contribution is -2.42. The second kappa shape index (κ2) is 6.80. The Morgan fingerprint density at radius 1 is 1.38 bits per heavy atom. The van der Waals surface area contributed by atoms with Crippen molar-refractivity contribution in [2.75, 3.05) is 18.8 Å². The summed E-state index contributed by atoms with van der Waals surface area (Å²) in [4.78, 5) is 19.4. The van der Waals surface area contributed by atoms with E-state index in [-0.39, 0.29) is 6.09 Å². The van der Waals surface area contributed by atoms with E-state index in [1.165, 1.54) is 16.2 Å². The van der Waals surface area contributed by atoms with Gasteiger partial charge >= 0.3 is 6.09 Å². The maximum atomic E-state index is 12.1. The molecule has 1 aliphatic rings. The second-order valence-electron chi connectivity index (χ2n) is 6.97. The molecule has 0 spiro atoms. The van der Waals surface area contributed by atoms with E-state index in [9.17, 15) is 4.79 Å². The van der Waals surface area contributed by atoms with Gasteiger partial charge in [0.25, 0.3) is 0 Å². The molecule has 3 rings (SSSR count). The van der Waals surface area contributed by atoms with Crippen molar-refractivity contribution in [3.63, 3.8) is 0 Å². The molecule has 1 saturated heterocycles. The van der Waals surface area contributed by atoms with Gasteiger partial charge in [-0.2, -0.15) is 0 Å². The summed E-state index contributed by atoms with van der Waals surface area (Å²) in [5.41, 5.74) is 6.29. The number of fused-ring (bicyclic) bond motifs is 1. The second-order valence-corrected chi connectivity index (χ2v) is 9.40. The van der Waals surface area contributed by atoms with Gasteiger partial charge in [0.1, 0.15) is 5.60 Å². The van der Waals surface area contributed by atoms with E-state index >= 15 is 0 Å². The van der Waals surface area contributed by atoms with Crippen LogP contribution in [0, 0.1) is 0 Å². The Labute approximate surface area is 150 Å². The van der Waals surface area contributed by atoms with Crippen LogP contribution in [0.5, 0.6) is 0 Å². The van der Waals surface area contributed by atoms with Crippen LogP contribution in [0.15, 0.2) is 23.1 Å². The van der Waals surface area contributed by atoms with E-state index in [0.717, 1.165) is 36.1 Å². The number of carbonyl (C=O) groups excluding carboxylic acids is 1. The monoisotopic (exact) mass is 365 g/mol. The molecule has 0 radical (unpaired) electrons. The van der Waals surface area contributed by atoms with Crippen molar-refractivity contribution in [2.45, 2.75) is 49.4 Å². The molecule has 1 fully saturated rings. The van der Waals surface area contributed by atoms with Crippen LogP contribution in [0.2, 0.25) is 0 Å². The highest BCUT2D eigenvalue weighted by Crippen LogP contribution is 2.34. The summed E-state index contributed by atoms with van der Waals surface area (Å²) in [5.74, 6) is 0. The predicted molar refractivity (Wildman–Crippen MR) is 101 cm³/mol. The smallest absolute Gasteiger partial charge is 0.410 e. The van der Waals surface area contributed by atoms with E-state index in [4.69, 9.17) is 10.5 Å². The maximum absolute atomic E-state index is 12.1. The summed E-state index contributed by atoms with van der Waals surface area (Å²) in [6, 6.07) is 6.29. The third-order valence-electron chi connectivity index (χ3n) is 3.77. The molecule has 0 aliphatic carbocycles. The van der Waals surface area contributed by atoms with Gasteiger partial charge in [0.15, 0.2) is 5.13 Å². The van der Waals surface area contributed by atoms with Crippen molar-refractivity contribution in [3.05, 3.63) is 18.2 Å². The number of piperidine rings is 1. The summed E-state index contributed by atoms with van der Waals surface area (Å²) in [7, 11) is 0. The van der Waals surface area contributed by atoms with Crippen LogP contribution in [-0.4, -0.2) is 39.9 Å². The molecule has 0 saturated carbocycles. The number of anilines is 1. The molecule has 1 aromatic carbocycles. The molecule has 0 unspecified atom stereocenters. The van der Waals surface area contributed by atoms with E-state index < -0.39 is 5.60 Å². The minimum absolute atomic E-state index is 0.201. The number of thiazole rings is 1. The minimum Gasteiger partial charge on any atom is -0.444 e. The number of benzene rings is 1. The van der Waals surface area contributed by atoms with Gasteiger partial charge < -0.3 is 15.4 Å². The van der Waals surface area contributed by atoms with Crippen LogP contribution in [0.25, 0.3) is 10.2 Å². The van der Waals surface area contributed by atoms with Crippen molar-refractivity contribution in [1.82, 2.24) is 9.88 Å². The third kappa shape index (κ3) is 4.33. The van der Waals surface area contributed by atoms with Crippen LogP contribution < -0.4 is 5.73 Å². The van der Waals surface area contributed by atoms with Crippen molar-refractivity contribution < 1.29 is 9.53 Å². The summed E-state index contributed by atoms with van der Waals surface area (Å²) >= 11 is 3.40. The van der Waals surface area contributed by atoms with Crippen LogP contribution in [0.4, 0.5) is 9.93 Å². The van der Waals surface area contributed by atoms with Gasteiger partial charge in [-0.25, -0.2) is 9.78 Å². The van der Waals surface area contributed by atoms with E-state index in [2.05, 4.69) is 17.1 Å². The fourth-order valence-electron chi connectivity index (χ4n) is 2.67. The van der Waals surface area contributed by atoms with Crippen LogP contribution in [0.3, 0.4) is 0 Å². The lowest BCUT2D eigenvalue weighted by atomic mass is 10.1. The van der Waals surface area contributed by atoms with Crippen molar-refractivity contribution in [3.8, 4) is 0 Å². The van der Waals surface area contributed by atoms with E-state index in [1.807, 2.05) is 43.5 Å². The molecule has 2 aromatic rings. The zero-order chi connectivity index (χ0) is 17.3. The average Bonchev–Trinajstić information content (AvgIpc) is 2.85. The molecule has 2 N–H and O–H groups in total. The maximum Gasteiger partial charge on any atom is 0.410 e. The highest BCUT2D eigenvalue weighted by atomic mass is 32.2. The Bertz CT molecular complexity index is 731. The summed E-state index contributed by atoms with van der Waals surface area (Å²) in [6.07, 6.45) is 1.76. The highest BCUT2D eigenvalue weighted by molar-refractivity contribution is 8.00. The Morgan fingerprint density at radius 3 is 2.75 bits per heavy atom. The number of aromatic nitrogens is 1. The van der Waals surface area contributed by atoms with Gasteiger partial charge in [-0.05, 0) is 51.8 Å². The first-order chi connectivity index (χ1) is 11.3. The van der Waals surface area contributed by atoms with Gasteiger partial charge in [-0.15, -0.1) is 11.8 Å². The topological polar surface area (TPSA) is 68.5 Å². The van der Waals surface area contributed by atoms with Gasteiger partial charge in [-0.1, -0.05) is 11.3 Å². The molecule has 130 valence electrons. The lowest BCUT2D eigenvalue weighted by molar-refractivity contribution is 0.0219. The Kier molecular flexibility index (Phi) is 4.92. The Balaban J connectivity index is 1.55. The number of ether oxygens (including phenoxy) is 1. The zero-order valence-electron chi connectivity index (χ0n) is 14.2. The molecule has 0 atom stereocenters. The quantitative estimate of drug-likeness (QED) is 0.856. The third-order valence-corrected chi connectivity index (χ3v) is 5.95. The fourth-order valence-corrected chi connectivity index (χ4v) is 4.68.